The highest BCUT2D eigenvalue weighted by Gasteiger charge is 2.20. The third-order valence-corrected chi connectivity index (χ3v) is 13.9. The fraction of sp³-hybridized carbons (Fsp3) is 0.233. The van der Waals surface area contributed by atoms with Crippen LogP contribution in [0.2, 0.25) is 0 Å². The van der Waals surface area contributed by atoms with E-state index >= 15 is 0 Å². The fourth-order valence-electron chi connectivity index (χ4n) is 9.88. The molecule has 0 saturated heterocycles. The molecule has 10 aromatic rings. The minimum absolute atomic E-state index is 0.357. The average molecular weight is 889 g/mol. The van der Waals surface area contributed by atoms with E-state index in [1.807, 2.05) is 18.6 Å². The molecule has 3 aromatic heterocycles. The summed E-state index contributed by atoms with van der Waals surface area (Å²) >= 11 is 0. The molecule has 5 heterocycles. The summed E-state index contributed by atoms with van der Waals surface area (Å²) in [7, 11) is 0. The molecule has 0 spiro atoms. The first-order chi connectivity index (χ1) is 33.0. The predicted molar refractivity (Wildman–Crippen MR) is 287 cm³/mol. The molecule has 2 aliphatic rings. The number of benzene rings is 7. The number of allylic oxidation sites excluding steroid dienone is 2. The van der Waals surface area contributed by atoms with E-state index < -0.39 is 0 Å². The molecule has 12 rings (SSSR count). The SMILES string of the molecule is CC(C)C1=NC=C(c2ccc3c4ccc(-c5cnc(C(C)C)[nH]5)cc4c4ccccc4c3c2)C1.CC(C)C1=NC=C(c2ccc3c4ccc(-c5cnc(C(C)C)[nH]5)cc4c4nccnc4c3c2)C1. The molecule has 0 atom stereocenters. The van der Waals surface area contributed by atoms with Crippen LogP contribution in [0.15, 0.2) is 144 Å². The summed E-state index contributed by atoms with van der Waals surface area (Å²) in [5, 5.41) is 12.3. The number of nitrogens with zero attached hydrogens (tertiary/aromatic N) is 6. The second-order valence-corrected chi connectivity index (χ2v) is 19.7. The van der Waals surface area contributed by atoms with Gasteiger partial charge in [0.25, 0.3) is 0 Å². The van der Waals surface area contributed by atoms with Gasteiger partial charge in [-0.25, -0.2) is 9.97 Å². The molecule has 0 aliphatic carbocycles. The van der Waals surface area contributed by atoms with Gasteiger partial charge in [0, 0.05) is 82.8 Å². The molecule has 7 aromatic carbocycles. The highest BCUT2D eigenvalue weighted by Crippen LogP contribution is 2.41. The Morgan fingerprint density at radius 3 is 1.15 bits per heavy atom. The van der Waals surface area contributed by atoms with Gasteiger partial charge in [-0.2, -0.15) is 0 Å². The third-order valence-electron chi connectivity index (χ3n) is 13.9. The molecule has 2 aliphatic heterocycles. The lowest BCUT2D eigenvalue weighted by molar-refractivity contribution is 0.795. The highest BCUT2D eigenvalue weighted by atomic mass is 14.9. The van der Waals surface area contributed by atoms with Crippen molar-refractivity contribution < 1.29 is 0 Å². The molecule has 8 nitrogen and oxygen atoms in total. The van der Waals surface area contributed by atoms with Gasteiger partial charge < -0.3 is 9.97 Å². The quantitative estimate of drug-likeness (QED) is 0.148. The van der Waals surface area contributed by atoms with Crippen LogP contribution in [0.5, 0.6) is 0 Å². The van der Waals surface area contributed by atoms with Crippen molar-refractivity contribution in [3.63, 3.8) is 0 Å². The normalized spacial score (nSPS) is 14.1. The number of imidazole rings is 2. The van der Waals surface area contributed by atoms with Gasteiger partial charge in [0.15, 0.2) is 0 Å². The number of aliphatic imine (C=N–C) groups is 2. The molecule has 0 saturated carbocycles. The second kappa shape index (κ2) is 17.3. The lowest BCUT2D eigenvalue weighted by Crippen LogP contribution is -2.04. The zero-order chi connectivity index (χ0) is 46.8. The zero-order valence-corrected chi connectivity index (χ0v) is 40.1. The van der Waals surface area contributed by atoms with Crippen LogP contribution in [-0.2, 0) is 0 Å². The summed E-state index contributed by atoms with van der Waals surface area (Å²) in [4.78, 5) is 35.0. The van der Waals surface area contributed by atoms with Crippen LogP contribution in [0, 0.1) is 11.8 Å². The van der Waals surface area contributed by atoms with E-state index in [0.717, 1.165) is 63.2 Å². The summed E-state index contributed by atoms with van der Waals surface area (Å²) in [5.74, 6) is 3.71. The van der Waals surface area contributed by atoms with Crippen molar-refractivity contribution in [2.24, 2.45) is 21.8 Å². The van der Waals surface area contributed by atoms with Crippen molar-refractivity contribution >= 4 is 87.5 Å². The Morgan fingerprint density at radius 2 is 0.750 bits per heavy atom. The Bertz CT molecular complexity index is 3470. The number of rotatable bonds is 8. The van der Waals surface area contributed by atoms with Gasteiger partial charge in [0.1, 0.15) is 11.6 Å². The van der Waals surface area contributed by atoms with E-state index in [-0.39, 0.29) is 0 Å². The number of hydrogen-bond donors (Lipinski definition) is 2. The van der Waals surface area contributed by atoms with Crippen LogP contribution < -0.4 is 0 Å². The first kappa shape index (κ1) is 43.0. The smallest absolute Gasteiger partial charge is 0.109 e. The number of hydrogen-bond acceptors (Lipinski definition) is 6. The number of fused-ring (bicyclic) bond motifs is 12. The van der Waals surface area contributed by atoms with Gasteiger partial charge in [-0.05, 0) is 101 Å². The molecule has 0 fully saturated rings. The van der Waals surface area contributed by atoms with Crippen LogP contribution in [0.1, 0.15) is 103 Å². The van der Waals surface area contributed by atoms with E-state index in [1.54, 1.807) is 12.4 Å². The first-order valence-electron chi connectivity index (χ1n) is 24.1. The van der Waals surface area contributed by atoms with Crippen molar-refractivity contribution in [1.29, 1.82) is 0 Å². The van der Waals surface area contributed by atoms with E-state index in [4.69, 9.17) is 9.97 Å². The van der Waals surface area contributed by atoms with Crippen molar-refractivity contribution in [3.8, 4) is 22.5 Å². The molecule has 0 radical (unpaired) electrons. The minimum Gasteiger partial charge on any atom is -0.342 e. The van der Waals surface area contributed by atoms with Crippen LogP contribution >= 0.6 is 0 Å². The summed E-state index contributed by atoms with van der Waals surface area (Å²) in [5.41, 5.74) is 13.8. The van der Waals surface area contributed by atoms with Gasteiger partial charge in [-0.15, -0.1) is 0 Å². The number of H-pyrrole nitrogens is 2. The average Bonchev–Trinajstić information content (AvgIpc) is 4.22. The van der Waals surface area contributed by atoms with Gasteiger partial charge in [0.2, 0.25) is 0 Å². The van der Waals surface area contributed by atoms with Crippen LogP contribution in [0.25, 0.3) is 98.6 Å². The van der Waals surface area contributed by atoms with Gasteiger partial charge >= 0.3 is 0 Å². The first-order valence-corrected chi connectivity index (χ1v) is 24.1. The summed E-state index contributed by atoms with van der Waals surface area (Å²) in [6.45, 7) is 17.4. The standard InChI is InChI=1S/C31H29N3.C29H27N5/c1-18(2)29-15-22(16-32-29)20-9-11-25-26-12-10-21(30-17-33-31(34-30)19(3)4)14-28(26)24-8-6-5-7-23(24)27(25)13-20;1-16(2)25-13-20(14-32-25)18-5-7-21-22-8-6-19(26-15-33-29(34-26)17(3)4)12-24(22)28-27(23(21)11-18)30-9-10-31-28/h5-14,16-19H,15H2,1-4H3,(H,33,34);5-12,14-17H,13H2,1-4H3,(H,33,34). The molecule has 0 unspecified atom stereocenters. The predicted octanol–water partition coefficient (Wildman–Crippen LogP) is 15.8. The lowest BCUT2D eigenvalue weighted by atomic mass is 9.90. The highest BCUT2D eigenvalue weighted by molar-refractivity contribution is 6.26. The maximum Gasteiger partial charge on any atom is 0.109 e. The monoisotopic (exact) mass is 888 g/mol. The molecule has 0 amide bonds. The Hall–Kier alpha value is -7.58. The van der Waals surface area contributed by atoms with Crippen LogP contribution in [0.4, 0.5) is 0 Å². The third kappa shape index (κ3) is 7.67. The van der Waals surface area contributed by atoms with E-state index in [0.29, 0.717) is 23.7 Å². The lowest BCUT2D eigenvalue weighted by Gasteiger charge is -2.13. The van der Waals surface area contributed by atoms with Crippen LogP contribution in [-0.4, -0.2) is 41.3 Å². The second-order valence-electron chi connectivity index (χ2n) is 19.7. The van der Waals surface area contributed by atoms with Gasteiger partial charge in [0.05, 0.1) is 34.8 Å². The molecule has 2 N–H and O–H groups in total. The fourth-order valence-corrected chi connectivity index (χ4v) is 9.88. The van der Waals surface area contributed by atoms with E-state index in [9.17, 15) is 0 Å². The van der Waals surface area contributed by atoms with Crippen molar-refractivity contribution in [1.82, 2.24) is 29.9 Å². The van der Waals surface area contributed by atoms with Crippen molar-refractivity contribution in [3.05, 3.63) is 157 Å². The Kier molecular flexibility index (Phi) is 10.9. The Labute approximate surface area is 397 Å². The topological polar surface area (TPSA) is 108 Å². The molecule has 68 heavy (non-hydrogen) atoms. The minimum atomic E-state index is 0.357. The van der Waals surface area contributed by atoms with Gasteiger partial charge in [-0.3, -0.25) is 20.0 Å². The molecule has 0 bridgehead atoms. The van der Waals surface area contributed by atoms with Crippen LogP contribution in [0.3, 0.4) is 0 Å². The molecule has 336 valence electrons. The van der Waals surface area contributed by atoms with E-state index in [2.05, 4.69) is 189 Å². The number of aromatic amines is 2. The van der Waals surface area contributed by atoms with Crippen molar-refractivity contribution in [2.45, 2.75) is 80.1 Å². The molecular weight excluding hydrogens is 833 g/mol. The molecular formula is C60H56N8. The largest absolute Gasteiger partial charge is 0.342 e. The summed E-state index contributed by atoms with van der Waals surface area (Å²) in [6, 6.07) is 35.7. The maximum atomic E-state index is 4.77. The van der Waals surface area contributed by atoms with Gasteiger partial charge in [-0.1, -0.05) is 128 Å². The molecule has 8 heteroatoms. The Balaban J connectivity index is 0.000000149. The summed E-state index contributed by atoms with van der Waals surface area (Å²) < 4.78 is 0. The Morgan fingerprint density at radius 1 is 0.382 bits per heavy atom. The zero-order valence-electron chi connectivity index (χ0n) is 40.1. The number of aromatic nitrogens is 6. The maximum absolute atomic E-state index is 4.77. The number of nitrogens with one attached hydrogen (secondary N) is 2. The van der Waals surface area contributed by atoms with Crippen molar-refractivity contribution in [2.75, 3.05) is 0 Å². The van der Waals surface area contributed by atoms with E-state index in [1.165, 1.54) is 82.3 Å². The summed E-state index contributed by atoms with van der Waals surface area (Å²) in [6.07, 6.45) is 13.4.